The molecule has 0 bridgehead atoms. The summed E-state index contributed by atoms with van der Waals surface area (Å²) in [5, 5.41) is 0.422. The van der Waals surface area contributed by atoms with E-state index >= 15 is 0 Å². The second-order valence-corrected chi connectivity index (χ2v) is 8.82. The molecule has 0 aliphatic rings. The fourth-order valence-corrected chi connectivity index (χ4v) is 3.90. The molecular weight excluding hydrogens is 300 g/mol. The van der Waals surface area contributed by atoms with Gasteiger partial charge in [0.2, 0.25) is 0 Å². The molecule has 0 aromatic rings. The minimum absolute atomic E-state index is 0.422. The Morgan fingerprint density at radius 1 is 0.783 bits per heavy atom. The Morgan fingerprint density at radius 2 is 1.39 bits per heavy atom. The lowest BCUT2D eigenvalue weighted by Crippen LogP contribution is -2.00. The summed E-state index contributed by atoms with van der Waals surface area (Å²) in [7, 11) is 0. The summed E-state index contributed by atoms with van der Waals surface area (Å²) < 4.78 is 0. The molecule has 0 N–H and O–H groups in total. The normalized spacial score (nSPS) is 12.7. The highest BCUT2D eigenvalue weighted by Gasteiger charge is 2.06. The fraction of sp³-hybridized carbons (Fsp3) is 0.952. The molecule has 0 aliphatic carbocycles. The molecule has 1 nitrogen and oxygen atoms in total. The molecule has 1 atom stereocenters. The predicted molar refractivity (Wildman–Crippen MR) is 107 cm³/mol. The van der Waals surface area contributed by atoms with Crippen molar-refractivity contribution in [1.82, 2.24) is 0 Å². The van der Waals surface area contributed by atoms with Crippen LogP contribution in [-0.2, 0) is 4.79 Å². The van der Waals surface area contributed by atoms with Crippen LogP contribution in [0.1, 0.15) is 111 Å². The van der Waals surface area contributed by atoms with Gasteiger partial charge >= 0.3 is 0 Å². The van der Waals surface area contributed by atoms with E-state index in [2.05, 4.69) is 27.7 Å². The SMILES string of the molecule is CCCCCCCCCCC(=O)SCC[C@@H](C)CCCC(C)C. The summed E-state index contributed by atoms with van der Waals surface area (Å²) >= 11 is 1.58. The van der Waals surface area contributed by atoms with Crippen molar-refractivity contribution in [2.75, 3.05) is 5.75 Å². The zero-order valence-electron chi connectivity index (χ0n) is 16.4. The third-order valence-corrected chi connectivity index (χ3v) is 5.55. The van der Waals surface area contributed by atoms with Crippen molar-refractivity contribution in [2.24, 2.45) is 11.8 Å². The van der Waals surface area contributed by atoms with Gasteiger partial charge in [0.1, 0.15) is 0 Å². The van der Waals surface area contributed by atoms with Gasteiger partial charge in [-0.05, 0) is 24.7 Å². The van der Waals surface area contributed by atoms with Gasteiger partial charge in [-0.3, -0.25) is 4.79 Å². The highest BCUT2D eigenvalue weighted by Crippen LogP contribution is 2.19. The maximum Gasteiger partial charge on any atom is 0.188 e. The highest BCUT2D eigenvalue weighted by atomic mass is 32.2. The van der Waals surface area contributed by atoms with Crippen LogP contribution in [0, 0.1) is 11.8 Å². The summed E-state index contributed by atoms with van der Waals surface area (Å²) in [6.45, 7) is 9.19. The van der Waals surface area contributed by atoms with Crippen LogP contribution in [0.3, 0.4) is 0 Å². The van der Waals surface area contributed by atoms with Crippen molar-refractivity contribution >= 4 is 16.9 Å². The van der Waals surface area contributed by atoms with Gasteiger partial charge in [0.05, 0.1) is 0 Å². The summed E-state index contributed by atoms with van der Waals surface area (Å²) in [4.78, 5) is 11.9. The number of carbonyl (C=O) groups excluding carboxylic acids is 1. The van der Waals surface area contributed by atoms with Crippen molar-refractivity contribution in [1.29, 1.82) is 0 Å². The van der Waals surface area contributed by atoms with Crippen molar-refractivity contribution in [3.63, 3.8) is 0 Å². The van der Waals surface area contributed by atoms with E-state index < -0.39 is 0 Å². The van der Waals surface area contributed by atoms with Crippen LogP contribution in [0.2, 0.25) is 0 Å². The number of rotatable bonds is 16. The Balaban J connectivity index is 3.33. The topological polar surface area (TPSA) is 17.1 Å². The molecule has 0 unspecified atom stereocenters. The third kappa shape index (κ3) is 18.2. The van der Waals surface area contributed by atoms with Crippen LogP contribution in [0.5, 0.6) is 0 Å². The lowest BCUT2D eigenvalue weighted by Gasteiger charge is -2.11. The molecule has 2 heteroatoms. The molecule has 0 aliphatic heterocycles. The summed E-state index contributed by atoms with van der Waals surface area (Å²) in [5.74, 6) is 2.63. The first-order valence-corrected chi connectivity index (χ1v) is 11.2. The van der Waals surface area contributed by atoms with Crippen LogP contribution < -0.4 is 0 Å². The summed E-state index contributed by atoms with van der Waals surface area (Å²) in [6, 6.07) is 0. The minimum Gasteiger partial charge on any atom is -0.287 e. The fourth-order valence-electron chi connectivity index (χ4n) is 2.87. The highest BCUT2D eigenvalue weighted by molar-refractivity contribution is 8.13. The molecule has 0 aromatic carbocycles. The lowest BCUT2D eigenvalue weighted by atomic mass is 9.98. The van der Waals surface area contributed by atoms with Crippen molar-refractivity contribution in [3.8, 4) is 0 Å². The molecule has 0 fully saturated rings. The minimum atomic E-state index is 0.422. The molecule has 0 heterocycles. The standard InChI is InChI=1S/C21H42OS/c1-5-6-7-8-9-10-11-12-16-21(22)23-18-17-20(4)15-13-14-19(2)3/h19-20H,5-18H2,1-4H3/t20-/m0/s1. The van der Waals surface area contributed by atoms with E-state index in [1.165, 1.54) is 70.6 Å². The number of hydrogen-bond acceptors (Lipinski definition) is 2. The largest absolute Gasteiger partial charge is 0.287 e. The molecular formula is C21H42OS. The van der Waals surface area contributed by atoms with Crippen LogP contribution >= 0.6 is 11.8 Å². The van der Waals surface area contributed by atoms with Crippen LogP contribution in [0.15, 0.2) is 0 Å². The molecule has 0 aromatic heterocycles. The lowest BCUT2D eigenvalue weighted by molar-refractivity contribution is -0.111. The van der Waals surface area contributed by atoms with E-state index in [1.807, 2.05) is 0 Å². The number of unbranched alkanes of at least 4 members (excludes halogenated alkanes) is 7. The van der Waals surface area contributed by atoms with Gasteiger partial charge in [0.25, 0.3) is 0 Å². The van der Waals surface area contributed by atoms with Crippen molar-refractivity contribution in [2.45, 2.75) is 111 Å². The molecule has 0 saturated heterocycles. The van der Waals surface area contributed by atoms with Gasteiger partial charge in [-0.15, -0.1) is 0 Å². The predicted octanol–water partition coefficient (Wildman–Crippen LogP) is 7.63. The molecule has 0 spiro atoms. The van der Waals surface area contributed by atoms with Crippen molar-refractivity contribution < 1.29 is 4.79 Å². The van der Waals surface area contributed by atoms with Crippen molar-refractivity contribution in [3.05, 3.63) is 0 Å². The van der Waals surface area contributed by atoms with E-state index in [-0.39, 0.29) is 0 Å². The Kier molecular flexibility index (Phi) is 16.9. The smallest absolute Gasteiger partial charge is 0.188 e. The summed E-state index contributed by atoms with van der Waals surface area (Å²) in [5.41, 5.74) is 0. The molecule has 0 saturated carbocycles. The van der Waals surface area contributed by atoms with Gasteiger partial charge in [0.15, 0.2) is 5.12 Å². The maximum absolute atomic E-state index is 11.9. The van der Waals surface area contributed by atoms with E-state index in [1.54, 1.807) is 11.8 Å². The van der Waals surface area contributed by atoms with E-state index in [0.717, 1.165) is 30.4 Å². The summed E-state index contributed by atoms with van der Waals surface area (Å²) in [6.07, 6.45) is 16.5. The first kappa shape index (κ1) is 23.0. The van der Waals surface area contributed by atoms with Crippen LogP contribution in [0.4, 0.5) is 0 Å². The van der Waals surface area contributed by atoms with E-state index in [4.69, 9.17) is 0 Å². The third-order valence-electron chi connectivity index (χ3n) is 4.59. The first-order chi connectivity index (χ1) is 11.1. The molecule has 138 valence electrons. The van der Waals surface area contributed by atoms with Gasteiger partial charge in [-0.1, -0.05) is 104 Å². The average molecular weight is 343 g/mol. The average Bonchev–Trinajstić information content (AvgIpc) is 2.49. The number of hydrogen-bond donors (Lipinski definition) is 0. The quantitative estimate of drug-likeness (QED) is 0.268. The van der Waals surface area contributed by atoms with Gasteiger partial charge in [0, 0.05) is 12.2 Å². The zero-order chi connectivity index (χ0) is 17.3. The number of carbonyl (C=O) groups is 1. The van der Waals surface area contributed by atoms with Crippen LogP contribution in [-0.4, -0.2) is 10.9 Å². The number of thioether (sulfide) groups is 1. The molecule has 0 rings (SSSR count). The molecule has 23 heavy (non-hydrogen) atoms. The van der Waals surface area contributed by atoms with E-state index in [9.17, 15) is 4.79 Å². The Labute approximate surface area is 150 Å². The van der Waals surface area contributed by atoms with E-state index in [0.29, 0.717) is 5.12 Å². The Morgan fingerprint density at radius 3 is 2.00 bits per heavy atom. The van der Waals surface area contributed by atoms with Gasteiger partial charge in [-0.2, -0.15) is 0 Å². The zero-order valence-corrected chi connectivity index (χ0v) is 17.2. The maximum atomic E-state index is 11.9. The second-order valence-electron chi connectivity index (χ2n) is 7.66. The first-order valence-electron chi connectivity index (χ1n) is 10.2. The second kappa shape index (κ2) is 16.9. The van der Waals surface area contributed by atoms with Gasteiger partial charge < -0.3 is 0 Å². The molecule has 0 radical (unpaired) electrons. The Bertz CT molecular complexity index is 263. The monoisotopic (exact) mass is 342 g/mol. The molecule has 0 amide bonds. The van der Waals surface area contributed by atoms with Crippen LogP contribution in [0.25, 0.3) is 0 Å². The van der Waals surface area contributed by atoms with Gasteiger partial charge in [-0.25, -0.2) is 0 Å². The Hall–Kier alpha value is 0.0200.